The summed E-state index contributed by atoms with van der Waals surface area (Å²) in [6.45, 7) is 3.08. The van der Waals surface area contributed by atoms with Gasteiger partial charge in [-0.15, -0.1) is 22.7 Å². The Morgan fingerprint density at radius 3 is 2.90 bits per heavy atom. The van der Waals surface area contributed by atoms with Crippen LogP contribution in [0.3, 0.4) is 0 Å². The van der Waals surface area contributed by atoms with Gasteiger partial charge in [0, 0.05) is 26.7 Å². The molecule has 3 rings (SSSR count). The van der Waals surface area contributed by atoms with Gasteiger partial charge in [-0.25, -0.2) is 4.98 Å². The van der Waals surface area contributed by atoms with Gasteiger partial charge in [-0.05, 0) is 30.5 Å². The standard InChI is InChI=1S/C15H17N3OS2/c1-3-5-16-13(14-15(19-2)18-7-6-17-14)12-9-11-10(21-12)4-8-20-11/h4,6-9,13,16H,3,5H2,1-2H3. The van der Waals surface area contributed by atoms with E-state index in [9.17, 15) is 0 Å². The fourth-order valence-corrected chi connectivity index (χ4v) is 4.44. The predicted octanol–water partition coefficient (Wildman–Crippen LogP) is 3.85. The first-order chi connectivity index (χ1) is 10.3. The minimum Gasteiger partial charge on any atom is -0.480 e. The molecule has 3 aromatic rings. The number of nitrogens with zero attached hydrogens (tertiary/aromatic N) is 2. The van der Waals surface area contributed by atoms with Crippen molar-refractivity contribution < 1.29 is 4.74 Å². The van der Waals surface area contributed by atoms with Crippen LogP contribution in [0.15, 0.2) is 29.9 Å². The molecule has 0 radical (unpaired) electrons. The normalized spacial score (nSPS) is 12.7. The summed E-state index contributed by atoms with van der Waals surface area (Å²) in [6, 6.07) is 4.43. The average molecular weight is 319 g/mol. The zero-order valence-electron chi connectivity index (χ0n) is 12.0. The van der Waals surface area contributed by atoms with E-state index in [4.69, 9.17) is 4.74 Å². The summed E-state index contributed by atoms with van der Waals surface area (Å²) >= 11 is 3.57. The van der Waals surface area contributed by atoms with Crippen molar-refractivity contribution >= 4 is 32.1 Å². The molecule has 3 aromatic heterocycles. The molecule has 0 aliphatic heterocycles. The molecule has 1 atom stereocenters. The van der Waals surface area contributed by atoms with E-state index in [2.05, 4.69) is 39.7 Å². The van der Waals surface area contributed by atoms with Crippen molar-refractivity contribution in [2.45, 2.75) is 19.4 Å². The van der Waals surface area contributed by atoms with Crippen molar-refractivity contribution in [2.24, 2.45) is 0 Å². The van der Waals surface area contributed by atoms with Crippen LogP contribution in [0.1, 0.15) is 30.0 Å². The number of methoxy groups -OCH3 is 1. The first kappa shape index (κ1) is 14.4. The lowest BCUT2D eigenvalue weighted by molar-refractivity contribution is 0.383. The Morgan fingerprint density at radius 1 is 1.29 bits per heavy atom. The molecular formula is C15H17N3OS2. The van der Waals surface area contributed by atoms with Gasteiger partial charge < -0.3 is 10.1 Å². The van der Waals surface area contributed by atoms with Crippen LogP contribution in [-0.2, 0) is 0 Å². The molecule has 4 nitrogen and oxygen atoms in total. The Balaban J connectivity index is 2.02. The third-order valence-corrected chi connectivity index (χ3v) is 5.36. The van der Waals surface area contributed by atoms with Crippen molar-refractivity contribution in [1.82, 2.24) is 15.3 Å². The minimum absolute atomic E-state index is 0.0261. The maximum atomic E-state index is 5.38. The van der Waals surface area contributed by atoms with Crippen molar-refractivity contribution in [3.05, 3.63) is 40.5 Å². The molecule has 6 heteroatoms. The fraction of sp³-hybridized carbons (Fsp3) is 0.333. The van der Waals surface area contributed by atoms with Crippen LogP contribution in [-0.4, -0.2) is 23.6 Å². The Morgan fingerprint density at radius 2 is 2.14 bits per heavy atom. The smallest absolute Gasteiger partial charge is 0.237 e. The fourth-order valence-electron chi connectivity index (χ4n) is 2.24. The lowest BCUT2D eigenvalue weighted by atomic mass is 10.1. The van der Waals surface area contributed by atoms with Gasteiger partial charge in [0.1, 0.15) is 5.69 Å². The van der Waals surface area contributed by atoms with Crippen molar-refractivity contribution in [1.29, 1.82) is 0 Å². The molecular weight excluding hydrogens is 302 g/mol. The van der Waals surface area contributed by atoms with E-state index in [1.54, 1.807) is 42.2 Å². The molecule has 21 heavy (non-hydrogen) atoms. The average Bonchev–Trinajstić information content (AvgIpc) is 3.09. The molecule has 0 aliphatic carbocycles. The van der Waals surface area contributed by atoms with Crippen LogP contribution >= 0.6 is 22.7 Å². The Labute approximate surface area is 131 Å². The Bertz CT molecular complexity index is 694. The molecule has 0 saturated heterocycles. The molecule has 0 aromatic carbocycles. The highest BCUT2D eigenvalue weighted by Crippen LogP contribution is 2.37. The number of nitrogens with one attached hydrogen (secondary N) is 1. The first-order valence-corrected chi connectivity index (χ1v) is 8.58. The predicted molar refractivity (Wildman–Crippen MR) is 88.4 cm³/mol. The summed E-state index contributed by atoms with van der Waals surface area (Å²) in [5.74, 6) is 0.586. The molecule has 1 unspecified atom stereocenters. The van der Waals surface area contributed by atoms with E-state index in [0.717, 1.165) is 18.7 Å². The minimum atomic E-state index is 0.0261. The van der Waals surface area contributed by atoms with E-state index < -0.39 is 0 Å². The first-order valence-electron chi connectivity index (χ1n) is 6.88. The Hall–Kier alpha value is -1.50. The molecule has 0 spiro atoms. The number of rotatable bonds is 6. The maximum Gasteiger partial charge on any atom is 0.237 e. The van der Waals surface area contributed by atoms with Gasteiger partial charge in [0.25, 0.3) is 0 Å². The summed E-state index contributed by atoms with van der Waals surface area (Å²) in [5.41, 5.74) is 0.849. The van der Waals surface area contributed by atoms with Gasteiger partial charge >= 0.3 is 0 Å². The molecule has 0 amide bonds. The Kier molecular flexibility index (Phi) is 4.48. The third-order valence-electron chi connectivity index (χ3n) is 3.20. The van der Waals surface area contributed by atoms with Crippen LogP contribution in [0.2, 0.25) is 0 Å². The zero-order chi connectivity index (χ0) is 14.7. The van der Waals surface area contributed by atoms with E-state index >= 15 is 0 Å². The van der Waals surface area contributed by atoms with Crippen molar-refractivity contribution in [2.75, 3.05) is 13.7 Å². The van der Waals surface area contributed by atoms with Gasteiger partial charge in [0.2, 0.25) is 5.88 Å². The van der Waals surface area contributed by atoms with E-state index in [1.807, 2.05) is 0 Å². The topological polar surface area (TPSA) is 47.0 Å². The summed E-state index contributed by atoms with van der Waals surface area (Å²) in [6.07, 6.45) is 4.44. The second-order valence-corrected chi connectivity index (χ2v) is 6.70. The monoisotopic (exact) mass is 319 g/mol. The van der Waals surface area contributed by atoms with Gasteiger partial charge in [0.05, 0.1) is 13.2 Å². The SMILES string of the molecule is CCCNC(c1cc2sccc2s1)c1nccnc1OC. The number of ether oxygens (including phenoxy) is 1. The van der Waals surface area contributed by atoms with Crippen LogP contribution in [0.5, 0.6) is 5.88 Å². The molecule has 0 aliphatic rings. The van der Waals surface area contributed by atoms with E-state index in [-0.39, 0.29) is 6.04 Å². The molecule has 3 heterocycles. The highest BCUT2D eigenvalue weighted by molar-refractivity contribution is 7.27. The highest BCUT2D eigenvalue weighted by Gasteiger charge is 2.22. The maximum absolute atomic E-state index is 5.38. The summed E-state index contributed by atoms with van der Waals surface area (Å²) in [4.78, 5) is 10.0. The van der Waals surface area contributed by atoms with E-state index in [1.165, 1.54) is 14.3 Å². The number of aromatic nitrogens is 2. The number of fused-ring (bicyclic) bond motifs is 1. The molecule has 0 saturated carbocycles. The highest BCUT2D eigenvalue weighted by atomic mass is 32.1. The number of hydrogen-bond acceptors (Lipinski definition) is 6. The van der Waals surface area contributed by atoms with Crippen LogP contribution < -0.4 is 10.1 Å². The summed E-state index contributed by atoms with van der Waals surface area (Å²) < 4.78 is 8.02. The third kappa shape index (κ3) is 2.92. The van der Waals surface area contributed by atoms with Crippen LogP contribution in [0, 0.1) is 0 Å². The molecule has 0 fully saturated rings. The van der Waals surface area contributed by atoms with Gasteiger partial charge in [0.15, 0.2) is 0 Å². The summed E-state index contributed by atoms with van der Waals surface area (Å²) in [5, 5.41) is 5.69. The molecule has 1 N–H and O–H groups in total. The number of thiophene rings is 2. The lowest BCUT2D eigenvalue weighted by Crippen LogP contribution is -2.24. The van der Waals surface area contributed by atoms with Crippen molar-refractivity contribution in [3.8, 4) is 5.88 Å². The van der Waals surface area contributed by atoms with Gasteiger partial charge in [-0.1, -0.05) is 6.92 Å². The zero-order valence-corrected chi connectivity index (χ0v) is 13.6. The second-order valence-electron chi connectivity index (χ2n) is 4.64. The lowest BCUT2D eigenvalue weighted by Gasteiger charge is -2.18. The number of hydrogen-bond donors (Lipinski definition) is 1. The van der Waals surface area contributed by atoms with Gasteiger partial charge in [-0.2, -0.15) is 0 Å². The summed E-state index contributed by atoms with van der Waals surface area (Å²) in [7, 11) is 1.64. The quantitative estimate of drug-likeness (QED) is 0.749. The van der Waals surface area contributed by atoms with Crippen molar-refractivity contribution in [3.63, 3.8) is 0 Å². The van der Waals surface area contributed by atoms with Crippen LogP contribution in [0.4, 0.5) is 0 Å². The van der Waals surface area contributed by atoms with Gasteiger partial charge in [-0.3, -0.25) is 4.98 Å². The van der Waals surface area contributed by atoms with E-state index in [0.29, 0.717) is 5.88 Å². The van der Waals surface area contributed by atoms with Crippen LogP contribution in [0.25, 0.3) is 9.40 Å². The second kappa shape index (κ2) is 6.51. The largest absolute Gasteiger partial charge is 0.480 e. The molecule has 0 bridgehead atoms. The molecule has 110 valence electrons.